The molecule has 36 heavy (non-hydrogen) atoms. The Labute approximate surface area is 212 Å². The van der Waals surface area contributed by atoms with E-state index in [-0.39, 0.29) is 27.8 Å². The van der Waals surface area contributed by atoms with Gasteiger partial charge in [-0.1, -0.05) is 25.2 Å². The molecule has 1 rings (SSSR count). The van der Waals surface area contributed by atoms with E-state index in [0.717, 1.165) is 19.1 Å². The van der Waals surface area contributed by atoms with Crippen molar-refractivity contribution in [2.45, 2.75) is 58.9 Å². The first-order valence-electron chi connectivity index (χ1n) is 10.7. The smallest absolute Gasteiger partial charge is 0.416 e. The van der Waals surface area contributed by atoms with Gasteiger partial charge in [0.25, 0.3) is 0 Å². The molecule has 0 aliphatic heterocycles. The van der Waals surface area contributed by atoms with Crippen LogP contribution in [0, 0.1) is 5.82 Å². The number of esters is 2. The van der Waals surface area contributed by atoms with Gasteiger partial charge in [-0.2, -0.15) is 13.2 Å². The van der Waals surface area contributed by atoms with Gasteiger partial charge in [0.1, 0.15) is 28.6 Å². The maximum Gasteiger partial charge on any atom is 0.416 e. The van der Waals surface area contributed by atoms with E-state index >= 15 is 0 Å². The summed E-state index contributed by atoms with van der Waals surface area (Å²) in [6.07, 6.45) is -4.30. The zero-order chi connectivity index (χ0) is 27.8. The molecule has 0 fully saturated rings. The number of aliphatic imine (C=N–C) groups is 1. The van der Waals surface area contributed by atoms with Gasteiger partial charge in [-0.15, -0.1) is 0 Å². The van der Waals surface area contributed by atoms with E-state index in [9.17, 15) is 27.2 Å². The van der Waals surface area contributed by atoms with Gasteiger partial charge >= 0.3 is 18.1 Å². The molecule has 0 bridgehead atoms. The van der Waals surface area contributed by atoms with E-state index in [0.29, 0.717) is 6.07 Å². The van der Waals surface area contributed by atoms with Crippen LogP contribution in [0.25, 0.3) is 0 Å². The van der Waals surface area contributed by atoms with E-state index in [2.05, 4.69) is 17.0 Å². The minimum atomic E-state index is -4.79. The number of benzene rings is 1. The summed E-state index contributed by atoms with van der Waals surface area (Å²) >= 11 is 5.28. The molecule has 1 aromatic rings. The molecule has 1 N–H and O–H groups in total. The summed E-state index contributed by atoms with van der Waals surface area (Å²) in [6.45, 7) is 10.4. The number of alkyl halides is 3. The van der Waals surface area contributed by atoms with Gasteiger partial charge in [-0.05, 0) is 51.3 Å². The van der Waals surface area contributed by atoms with Crippen LogP contribution >= 0.6 is 12.2 Å². The van der Waals surface area contributed by atoms with Gasteiger partial charge in [0, 0.05) is 12.8 Å². The predicted molar refractivity (Wildman–Crippen MR) is 130 cm³/mol. The lowest BCUT2D eigenvalue weighted by Crippen LogP contribution is -2.41. The second-order valence-corrected chi connectivity index (χ2v) is 8.05. The van der Waals surface area contributed by atoms with Crippen LogP contribution in [0.15, 0.2) is 46.5 Å². The second-order valence-electron chi connectivity index (χ2n) is 7.64. The highest BCUT2D eigenvalue weighted by atomic mass is 32.1. The number of rotatable bonds is 10. The molecule has 0 unspecified atom stereocenters. The molecule has 1 aromatic carbocycles. The molecular weight excluding hydrogens is 504 g/mol. The van der Waals surface area contributed by atoms with E-state index in [1.165, 1.54) is 34.0 Å². The lowest BCUT2D eigenvalue weighted by atomic mass is 9.91. The normalized spacial score (nSPS) is 15.1. The highest BCUT2D eigenvalue weighted by molar-refractivity contribution is 7.80. The zero-order valence-corrected chi connectivity index (χ0v) is 21.5. The molecule has 0 aliphatic rings. The monoisotopic (exact) mass is 532 g/mol. The third-order valence-corrected chi connectivity index (χ3v) is 5.37. The largest absolute Gasteiger partial charge is 0.493 e. The van der Waals surface area contributed by atoms with Crippen LogP contribution < -0.4 is 5.32 Å². The number of ether oxygens (including phenoxy) is 3. The second kappa shape index (κ2) is 13.1. The summed E-state index contributed by atoms with van der Waals surface area (Å²) in [5.74, 6) is -3.45. The van der Waals surface area contributed by atoms with Crippen LogP contribution in [-0.2, 0) is 30.0 Å². The lowest BCUT2D eigenvalue weighted by molar-refractivity contribution is -0.151. The molecule has 0 saturated carbocycles. The van der Waals surface area contributed by atoms with Crippen molar-refractivity contribution in [3.63, 3.8) is 0 Å². The third kappa shape index (κ3) is 8.14. The third-order valence-electron chi connectivity index (χ3n) is 5.06. The number of allylic oxidation sites excluding steroid dienone is 1. The average Bonchev–Trinajstić information content (AvgIpc) is 2.78. The van der Waals surface area contributed by atoms with Crippen molar-refractivity contribution < 1.29 is 41.4 Å². The lowest BCUT2D eigenvalue weighted by Gasteiger charge is -2.25. The van der Waals surface area contributed by atoms with Crippen molar-refractivity contribution in [3.8, 4) is 0 Å². The zero-order valence-electron chi connectivity index (χ0n) is 20.7. The van der Waals surface area contributed by atoms with Gasteiger partial charge in [-0.3, -0.25) is 9.79 Å². The Balaban J connectivity index is 3.09. The van der Waals surface area contributed by atoms with Crippen molar-refractivity contribution in [1.82, 2.24) is 5.32 Å². The molecule has 0 aromatic heterocycles. The fourth-order valence-corrected chi connectivity index (χ4v) is 3.42. The van der Waals surface area contributed by atoms with E-state index in [1.54, 1.807) is 6.92 Å². The van der Waals surface area contributed by atoms with Gasteiger partial charge in [-0.25, -0.2) is 9.18 Å². The molecule has 198 valence electrons. The van der Waals surface area contributed by atoms with Gasteiger partial charge in [0.05, 0.1) is 12.7 Å². The summed E-state index contributed by atoms with van der Waals surface area (Å²) in [5, 5.41) is 2.68. The average molecular weight is 533 g/mol. The molecule has 12 heteroatoms. The Bertz CT molecular complexity index is 1070. The minimum absolute atomic E-state index is 0.0858. The van der Waals surface area contributed by atoms with Crippen molar-refractivity contribution in [3.05, 3.63) is 58.4 Å². The first-order chi connectivity index (χ1) is 16.7. The summed E-state index contributed by atoms with van der Waals surface area (Å²) in [5.41, 5.74) is -1.45. The number of hydrogen-bond acceptors (Lipinski definition) is 7. The predicted octanol–water partition coefficient (Wildman–Crippen LogP) is 5.21. The maximum absolute atomic E-state index is 13.4. The number of nitrogens with zero attached hydrogens (tertiary/aromatic N) is 1. The van der Waals surface area contributed by atoms with Gasteiger partial charge < -0.3 is 19.5 Å². The first-order valence-corrected chi connectivity index (χ1v) is 11.1. The summed E-state index contributed by atoms with van der Waals surface area (Å²) in [7, 11) is 1.34. The Kier molecular flexibility index (Phi) is 11.2. The summed E-state index contributed by atoms with van der Waals surface area (Å²) in [4.78, 5) is 27.8. The molecule has 7 nitrogen and oxygen atoms in total. The number of halogens is 4. The highest BCUT2D eigenvalue weighted by Gasteiger charge is 2.36. The number of nitrogens with one attached hydrogen (secondary N) is 1. The van der Waals surface area contributed by atoms with Crippen molar-refractivity contribution in [2.75, 3.05) is 7.11 Å². The first kappa shape index (κ1) is 30.8. The summed E-state index contributed by atoms with van der Waals surface area (Å²) in [6, 6.07) is 1.25. The van der Waals surface area contributed by atoms with E-state index in [4.69, 9.17) is 26.4 Å². The van der Waals surface area contributed by atoms with Gasteiger partial charge in [0.15, 0.2) is 5.76 Å². The standard InChI is InChI=1S/C24H28F4N2O5S/c1-8-19(33-7)21(35-15(5)31)20(29-6)22(36)30-13(3)23(32)34-14(4)12(2)17-10-9-16(25)11-18(17)24(26,27)28/h8-14H,6H2,1-5,7H3,(H,30,36)/b19-8+,21-20+/t12-,13+,14+/m1/s1. The van der Waals surface area contributed by atoms with Crippen LogP contribution in [0.1, 0.15) is 51.7 Å². The minimum Gasteiger partial charge on any atom is -0.493 e. The fourth-order valence-electron chi connectivity index (χ4n) is 3.08. The number of carbonyl (C=O) groups excluding carboxylic acids is 2. The number of thiocarbonyl (C=S) groups is 1. The molecule has 0 amide bonds. The molecule has 0 spiro atoms. The van der Waals surface area contributed by atoms with Crippen molar-refractivity contribution in [1.29, 1.82) is 0 Å². The topological polar surface area (TPSA) is 86.2 Å². The fraction of sp³-hybridized carbons (Fsp3) is 0.417. The molecule has 3 atom stereocenters. The Morgan fingerprint density at radius 1 is 1.22 bits per heavy atom. The van der Waals surface area contributed by atoms with Crippen molar-refractivity contribution in [2.24, 2.45) is 4.99 Å². The van der Waals surface area contributed by atoms with E-state index in [1.807, 2.05) is 0 Å². The maximum atomic E-state index is 13.4. The molecule has 0 radical (unpaired) electrons. The Morgan fingerprint density at radius 2 is 1.83 bits per heavy atom. The Morgan fingerprint density at radius 3 is 2.31 bits per heavy atom. The van der Waals surface area contributed by atoms with Crippen molar-refractivity contribution >= 4 is 35.9 Å². The molecule has 0 aliphatic carbocycles. The highest BCUT2D eigenvalue weighted by Crippen LogP contribution is 2.37. The Hall–Kier alpha value is -3.28. The molecular formula is C24H28F4N2O5S. The SMILES string of the molecule is C=N/C(C(=S)N[C@@H](C)C(=O)O[C@@H](C)[C@@H](C)c1ccc(F)cc1C(F)(F)F)=C(OC(C)=O)\C(=C/C)OC. The molecule has 0 heterocycles. The van der Waals surface area contributed by atoms with Crippen LogP contribution in [0.4, 0.5) is 17.6 Å². The van der Waals surface area contributed by atoms with E-state index < -0.39 is 47.6 Å². The van der Waals surface area contributed by atoms with Gasteiger partial charge in [0.2, 0.25) is 5.76 Å². The number of hydrogen-bond donors (Lipinski definition) is 1. The summed E-state index contributed by atoms with van der Waals surface area (Å²) < 4.78 is 69.3. The van der Waals surface area contributed by atoms with Crippen LogP contribution in [0.5, 0.6) is 0 Å². The number of methoxy groups -OCH3 is 1. The van der Waals surface area contributed by atoms with Crippen LogP contribution in [0.3, 0.4) is 0 Å². The van der Waals surface area contributed by atoms with Crippen LogP contribution in [-0.4, -0.2) is 42.9 Å². The van der Waals surface area contributed by atoms with Crippen LogP contribution in [0.2, 0.25) is 0 Å². The quantitative estimate of drug-likeness (QED) is 0.0842. The molecule has 0 saturated heterocycles. The number of carbonyl (C=O) groups is 2.